The molecule has 0 bridgehead atoms. The second-order valence-electron chi connectivity index (χ2n) is 7.57. The molecule has 0 spiro atoms. The lowest BCUT2D eigenvalue weighted by Crippen LogP contribution is -2.29. The fourth-order valence-electron chi connectivity index (χ4n) is 3.42. The Bertz CT molecular complexity index is 1240. The minimum Gasteiger partial charge on any atom is -0.482 e. The Hall–Kier alpha value is -3.84. The van der Waals surface area contributed by atoms with E-state index in [0.717, 1.165) is 16.3 Å². The summed E-state index contributed by atoms with van der Waals surface area (Å²) in [5.41, 5.74) is 1.08. The van der Waals surface area contributed by atoms with Crippen molar-refractivity contribution in [1.82, 2.24) is 9.47 Å². The minimum atomic E-state index is -0.250. The van der Waals surface area contributed by atoms with Crippen molar-refractivity contribution in [2.75, 3.05) is 20.2 Å². The van der Waals surface area contributed by atoms with Crippen molar-refractivity contribution >= 4 is 16.7 Å². The highest BCUT2D eigenvalue weighted by Gasteiger charge is 2.11. The number of rotatable bonds is 8. The van der Waals surface area contributed by atoms with Gasteiger partial charge < -0.3 is 23.7 Å². The number of hydrogen-bond donors (Lipinski definition) is 1. The zero-order valence-corrected chi connectivity index (χ0v) is 17.7. The Morgan fingerprint density at radius 1 is 1.09 bits per heavy atom. The van der Waals surface area contributed by atoms with Crippen molar-refractivity contribution in [3.63, 3.8) is 0 Å². The maximum Gasteiger partial charge on any atom is 0.253 e. The van der Waals surface area contributed by atoms with Crippen LogP contribution in [0.4, 0.5) is 0 Å². The van der Waals surface area contributed by atoms with E-state index in [1.165, 1.54) is 17.2 Å². The molecule has 0 radical (unpaired) electrons. The van der Waals surface area contributed by atoms with Gasteiger partial charge in [0.1, 0.15) is 18.6 Å². The molecule has 7 nitrogen and oxygen atoms in total. The minimum absolute atomic E-state index is 0.0856. The SMILES string of the molecule is CN(CCO)C(=O)c1ccc(COc2coc(Cn3cc4ccccc4c3)cc2=O)cc1. The Labute approximate surface area is 185 Å². The number of hydrogen-bond acceptors (Lipinski definition) is 5. The van der Waals surface area contributed by atoms with Crippen LogP contribution in [0.3, 0.4) is 0 Å². The molecule has 4 rings (SSSR count). The molecule has 0 unspecified atom stereocenters. The summed E-state index contributed by atoms with van der Waals surface area (Å²) in [7, 11) is 1.64. The number of ether oxygens (including phenoxy) is 1. The molecule has 1 amide bonds. The molecule has 7 heteroatoms. The lowest BCUT2D eigenvalue weighted by molar-refractivity contribution is 0.0767. The summed E-state index contributed by atoms with van der Waals surface area (Å²) in [5, 5.41) is 11.2. The van der Waals surface area contributed by atoms with Crippen LogP contribution in [-0.2, 0) is 13.2 Å². The normalized spacial score (nSPS) is 10.9. The summed E-state index contributed by atoms with van der Waals surface area (Å²) in [6, 6.07) is 16.4. The molecule has 0 aliphatic heterocycles. The number of aliphatic hydroxyl groups excluding tert-OH is 1. The van der Waals surface area contributed by atoms with Crippen molar-refractivity contribution in [3.8, 4) is 5.75 Å². The third-order valence-electron chi connectivity index (χ3n) is 5.17. The zero-order valence-electron chi connectivity index (χ0n) is 17.7. The molecule has 1 N–H and O–H groups in total. The first-order valence-electron chi connectivity index (χ1n) is 10.3. The Kier molecular flexibility index (Phi) is 6.37. The summed E-state index contributed by atoms with van der Waals surface area (Å²) >= 11 is 0. The van der Waals surface area contributed by atoms with Gasteiger partial charge in [-0.25, -0.2) is 0 Å². The Morgan fingerprint density at radius 3 is 2.41 bits per heavy atom. The van der Waals surface area contributed by atoms with Crippen molar-refractivity contribution in [1.29, 1.82) is 0 Å². The fraction of sp³-hybridized carbons (Fsp3) is 0.200. The molecule has 2 heterocycles. The highest BCUT2D eigenvalue weighted by atomic mass is 16.5. The molecule has 2 aromatic heterocycles. The van der Waals surface area contributed by atoms with Gasteiger partial charge in [-0.3, -0.25) is 9.59 Å². The summed E-state index contributed by atoms with van der Waals surface area (Å²) in [6.45, 7) is 0.812. The molecule has 0 fully saturated rings. The number of amides is 1. The van der Waals surface area contributed by atoms with Crippen LogP contribution in [0.15, 0.2) is 82.5 Å². The summed E-state index contributed by atoms with van der Waals surface area (Å²) < 4.78 is 13.2. The van der Waals surface area contributed by atoms with E-state index >= 15 is 0 Å². The summed E-state index contributed by atoms with van der Waals surface area (Å²) in [4.78, 5) is 26.1. The number of nitrogens with zero attached hydrogens (tertiary/aromatic N) is 2. The lowest BCUT2D eigenvalue weighted by Gasteiger charge is -2.15. The number of benzene rings is 2. The maximum absolute atomic E-state index is 12.4. The quantitative estimate of drug-likeness (QED) is 0.462. The van der Waals surface area contributed by atoms with E-state index in [0.29, 0.717) is 17.9 Å². The van der Waals surface area contributed by atoms with Crippen LogP contribution >= 0.6 is 0 Å². The van der Waals surface area contributed by atoms with E-state index in [2.05, 4.69) is 0 Å². The second-order valence-corrected chi connectivity index (χ2v) is 7.57. The van der Waals surface area contributed by atoms with Crippen LogP contribution in [0.5, 0.6) is 5.75 Å². The number of fused-ring (bicyclic) bond motifs is 1. The van der Waals surface area contributed by atoms with Crippen LogP contribution in [0.25, 0.3) is 10.8 Å². The predicted octanol–water partition coefficient (Wildman–Crippen LogP) is 3.29. The molecule has 0 saturated carbocycles. The van der Waals surface area contributed by atoms with Crippen LogP contribution in [0.1, 0.15) is 21.7 Å². The second kappa shape index (κ2) is 9.53. The molecule has 0 aliphatic carbocycles. The number of aromatic nitrogens is 1. The van der Waals surface area contributed by atoms with E-state index in [9.17, 15) is 9.59 Å². The molecule has 164 valence electrons. The highest BCUT2D eigenvalue weighted by Crippen LogP contribution is 2.17. The monoisotopic (exact) mass is 432 g/mol. The van der Waals surface area contributed by atoms with E-state index in [1.54, 1.807) is 31.3 Å². The van der Waals surface area contributed by atoms with Gasteiger partial charge in [-0.15, -0.1) is 0 Å². The first-order chi connectivity index (χ1) is 15.5. The van der Waals surface area contributed by atoms with Crippen LogP contribution < -0.4 is 10.2 Å². The Morgan fingerprint density at radius 2 is 1.78 bits per heavy atom. The van der Waals surface area contributed by atoms with Crippen molar-refractivity contribution in [2.45, 2.75) is 13.2 Å². The van der Waals surface area contributed by atoms with Crippen molar-refractivity contribution < 1.29 is 19.1 Å². The lowest BCUT2D eigenvalue weighted by atomic mass is 10.1. The fourth-order valence-corrected chi connectivity index (χ4v) is 3.42. The predicted molar refractivity (Wildman–Crippen MR) is 121 cm³/mol. The van der Waals surface area contributed by atoms with Gasteiger partial charge in [-0.05, 0) is 28.5 Å². The van der Waals surface area contributed by atoms with E-state index in [-0.39, 0.29) is 36.8 Å². The van der Waals surface area contributed by atoms with Gasteiger partial charge in [-0.2, -0.15) is 0 Å². The standard InChI is InChI=1S/C25H24N2O5/c1-26(10-11-28)25(30)19-8-6-18(7-9-19)16-32-24-17-31-22(12-23(24)29)15-27-13-20-4-2-3-5-21(20)14-27/h2-9,12-14,17,28H,10-11,15-16H2,1H3. The average molecular weight is 432 g/mol. The van der Waals surface area contributed by atoms with Gasteiger partial charge >= 0.3 is 0 Å². The van der Waals surface area contributed by atoms with E-state index < -0.39 is 0 Å². The maximum atomic E-state index is 12.4. The van der Waals surface area contributed by atoms with Crippen LogP contribution in [0.2, 0.25) is 0 Å². The molecular formula is C25H24N2O5. The Balaban J connectivity index is 1.37. The van der Waals surface area contributed by atoms with Gasteiger partial charge in [0.2, 0.25) is 11.2 Å². The van der Waals surface area contributed by atoms with Crippen molar-refractivity contribution in [2.24, 2.45) is 0 Å². The van der Waals surface area contributed by atoms with Gasteiger partial charge in [0.25, 0.3) is 5.91 Å². The number of carbonyl (C=O) groups is 1. The van der Waals surface area contributed by atoms with Gasteiger partial charge in [0.05, 0.1) is 13.2 Å². The third kappa shape index (κ3) is 4.90. The first-order valence-corrected chi connectivity index (χ1v) is 10.3. The van der Waals surface area contributed by atoms with Crippen LogP contribution in [-0.4, -0.2) is 40.7 Å². The van der Waals surface area contributed by atoms with E-state index in [4.69, 9.17) is 14.3 Å². The van der Waals surface area contributed by atoms with Gasteiger partial charge in [0, 0.05) is 37.6 Å². The highest BCUT2D eigenvalue weighted by molar-refractivity contribution is 5.94. The summed E-state index contributed by atoms with van der Waals surface area (Å²) in [5.74, 6) is 0.505. The molecule has 2 aromatic carbocycles. The van der Waals surface area contributed by atoms with Gasteiger partial charge in [0.15, 0.2) is 0 Å². The topological polar surface area (TPSA) is 84.9 Å². The number of carbonyl (C=O) groups excluding carboxylic acids is 1. The average Bonchev–Trinajstić information content (AvgIpc) is 3.21. The number of aliphatic hydroxyl groups is 1. The first kappa shape index (κ1) is 21.4. The molecule has 0 aliphatic rings. The molecule has 4 aromatic rings. The zero-order chi connectivity index (χ0) is 22.5. The smallest absolute Gasteiger partial charge is 0.253 e. The molecule has 32 heavy (non-hydrogen) atoms. The van der Waals surface area contributed by atoms with Crippen molar-refractivity contribution in [3.05, 3.63) is 100 Å². The summed E-state index contributed by atoms with van der Waals surface area (Å²) in [6.07, 6.45) is 5.36. The molecular weight excluding hydrogens is 408 g/mol. The van der Waals surface area contributed by atoms with E-state index in [1.807, 2.05) is 41.2 Å². The van der Waals surface area contributed by atoms with Gasteiger partial charge in [-0.1, -0.05) is 36.4 Å². The third-order valence-corrected chi connectivity index (χ3v) is 5.17. The molecule has 0 saturated heterocycles. The molecule has 0 atom stereocenters. The number of likely N-dealkylation sites (N-methyl/N-ethyl adjacent to an activating group) is 1. The largest absolute Gasteiger partial charge is 0.482 e. The van der Waals surface area contributed by atoms with Crippen LogP contribution in [0, 0.1) is 0 Å².